The summed E-state index contributed by atoms with van der Waals surface area (Å²) >= 11 is 2.75. The molecule has 300 valence electrons. The standard InChI is InChI=1S/C40H49N11O4S2/c1-25-20-34(46-47-38(25)45-40-43-31-12-7-8-13-32(31)57-40)49(3)33-16-15-29(30-21-42-51(26(30)2)23-27-10-5-4-6-11-27)37(44-33)39(55)48-56-19-9-14-35(53)41-22-36(54)50-18-17-28(52)24-50/h7-8,12-13,15-16,20-21,27-28,52H,4-6,9-11,14,17-19,22-24H2,1-3H3,(H,41,53)(H,48,55)(H,43,45,47). The lowest BCUT2D eigenvalue weighted by molar-refractivity contribution is -0.132. The summed E-state index contributed by atoms with van der Waals surface area (Å²) in [7, 11) is 1.84. The Morgan fingerprint density at radius 3 is 2.60 bits per heavy atom. The highest BCUT2D eigenvalue weighted by molar-refractivity contribution is 7.97. The summed E-state index contributed by atoms with van der Waals surface area (Å²) in [6, 6.07) is 13.6. The van der Waals surface area contributed by atoms with Crippen LogP contribution < -0.4 is 20.3 Å². The Hall–Kier alpha value is -5.13. The summed E-state index contributed by atoms with van der Waals surface area (Å²) in [5.74, 6) is 1.91. The second kappa shape index (κ2) is 18.4. The van der Waals surface area contributed by atoms with E-state index in [2.05, 4.69) is 35.2 Å². The van der Waals surface area contributed by atoms with E-state index in [4.69, 9.17) is 10.1 Å². The molecule has 57 heavy (non-hydrogen) atoms. The van der Waals surface area contributed by atoms with E-state index in [1.165, 1.54) is 44.1 Å². The number of pyridine rings is 1. The Labute approximate surface area is 340 Å². The number of amides is 3. The van der Waals surface area contributed by atoms with Crippen LogP contribution in [0.5, 0.6) is 0 Å². The molecule has 5 aromatic rings. The highest BCUT2D eigenvalue weighted by atomic mass is 32.2. The highest BCUT2D eigenvalue weighted by Crippen LogP contribution is 2.33. The molecule has 4 aromatic heterocycles. The number of benzene rings is 1. The van der Waals surface area contributed by atoms with Gasteiger partial charge in [-0.15, -0.1) is 10.2 Å². The number of hydrogen-bond donors (Lipinski definition) is 4. The van der Waals surface area contributed by atoms with Crippen LogP contribution in [0.1, 0.15) is 73.1 Å². The Morgan fingerprint density at radius 1 is 1.00 bits per heavy atom. The Bertz CT molecular complexity index is 2190. The van der Waals surface area contributed by atoms with E-state index >= 15 is 0 Å². The van der Waals surface area contributed by atoms with Crippen molar-refractivity contribution in [3.05, 3.63) is 65.6 Å². The van der Waals surface area contributed by atoms with E-state index in [-0.39, 0.29) is 36.4 Å². The topological polar surface area (TPSA) is 183 Å². The van der Waals surface area contributed by atoms with Crippen LogP contribution in [0.3, 0.4) is 0 Å². The van der Waals surface area contributed by atoms with Gasteiger partial charge in [0.25, 0.3) is 5.91 Å². The lowest BCUT2D eigenvalue weighted by Crippen LogP contribution is -2.39. The van der Waals surface area contributed by atoms with E-state index < -0.39 is 6.10 Å². The Kier molecular flexibility index (Phi) is 13.0. The quantitative estimate of drug-likeness (QED) is 0.0725. The molecular formula is C40H49N11O4S2. The molecule has 1 atom stereocenters. The average Bonchev–Trinajstić information content (AvgIpc) is 3.95. The van der Waals surface area contributed by atoms with Crippen molar-refractivity contribution in [3.8, 4) is 11.1 Å². The lowest BCUT2D eigenvalue weighted by Gasteiger charge is -2.22. The van der Waals surface area contributed by atoms with Gasteiger partial charge in [-0.05, 0) is 81.3 Å². The predicted octanol–water partition coefficient (Wildman–Crippen LogP) is 5.92. The van der Waals surface area contributed by atoms with Gasteiger partial charge in [0, 0.05) is 55.7 Å². The van der Waals surface area contributed by atoms with Gasteiger partial charge in [0.15, 0.2) is 16.8 Å². The van der Waals surface area contributed by atoms with Gasteiger partial charge in [-0.25, -0.2) is 9.97 Å². The SMILES string of the molecule is Cc1cc(N(C)c2ccc(-c3cnn(CC4CCCCC4)c3C)c(C(=O)NSCCCC(=O)NCC(=O)N3CCC(O)C3)n2)nnc1Nc1nc2ccccc2s1. The summed E-state index contributed by atoms with van der Waals surface area (Å²) in [4.78, 5) is 51.6. The van der Waals surface area contributed by atoms with E-state index in [0.29, 0.717) is 60.6 Å². The van der Waals surface area contributed by atoms with E-state index in [9.17, 15) is 19.5 Å². The molecule has 1 saturated carbocycles. The summed E-state index contributed by atoms with van der Waals surface area (Å²) in [5, 5.41) is 30.1. The first-order valence-corrected chi connectivity index (χ1v) is 21.3. The molecule has 3 amide bonds. The second-order valence-electron chi connectivity index (χ2n) is 14.7. The van der Waals surface area contributed by atoms with Gasteiger partial charge in [0.2, 0.25) is 11.8 Å². The van der Waals surface area contributed by atoms with Gasteiger partial charge in [0.05, 0.1) is 29.1 Å². The molecule has 2 fully saturated rings. The lowest BCUT2D eigenvalue weighted by atomic mass is 9.89. The van der Waals surface area contributed by atoms with E-state index in [0.717, 1.165) is 38.7 Å². The zero-order valence-electron chi connectivity index (χ0n) is 32.5. The maximum atomic E-state index is 13.9. The number of para-hydroxylation sites is 1. The molecule has 1 aromatic carbocycles. The van der Waals surface area contributed by atoms with Gasteiger partial charge < -0.3 is 25.5 Å². The smallest absolute Gasteiger partial charge is 0.280 e. The Morgan fingerprint density at radius 2 is 1.82 bits per heavy atom. The van der Waals surface area contributed by atoms with Crippen LogP contribution in [0.15, 0.2) is 48.7 Å². The molecule has 1 unspecified atom stereocenters. The number of likely N-dealkylation sites (tertiary alicyclic amines) is 1. The molecule has 2 aliphatic rings. The molecule has 7 rings (SSSR count). The van der Waals surface area contributed by atoms with Crippen molar-refractivity contribution in [1.29, 1.82) is 0 Å². The van der Waals surface area contributed by atoms with Crippen LogP contribution in [0, 0.1) is 19.8 Å². The molecule has 5 heterocycles. The molecule has 15 nitrogen and oxygen atoms in total. The number of aliphatic hydroxyl groups is 1. The van der Waals surface area contributed by atoms with Crippen molar-refractivity contribution in [1.82, 2.24) is 44.9 Å². The molecule has 0 bridgehead atoms. The third-order valence-corrected chi connectivity index (χ3v) is 12.4. The minimum Gasteiger partial charge on any atom is -0.391 e. The number of nitrogens with zero attached hydrogens (tertiary/aromatic N) is 8. The fourth-order valence-electron chi connectivity index (χ4n) is 7.25. The van der Waals surface area contributed by atoms with E-state index in [1.807, 2.05) is 69.6 Å². The minimum atomic E-state index is -0.504. The van der Waals surface area contributed by atoms with Crippen LogP contribution >= 0.6 is 23.3 Å². The van der Waals surface area contributed by atoms with Crippen LogP contribution in [-0.2, 0) is 16.1 Å². The number of hydrogen-bond acceptors (Lipinski definition) is 13. The predicted molar refractivity (Wildman–Crippen MR) is 224 cm³/mol. The van der Waals surface area contributed by atoms with Gasteiger partial charge in [0.1, 0.15) is 11.5 Å². The van der Waals surface area contributed by atoms with Crippen LogP contribution in [0.25, 0.3) is 21.3 Å². The van der Waals surface area contributed by atoms with E-state index in [1.54, 1.807) is 21.1 Å². The molecule has 0 spiro atoms. The zero-order chi connectivity index (χ0) is 39.9. The van der Waals surface area contributed by atoms with Crippen molar-refractivity contribution < 1.29 is 19.5 Å². The number of nitrogens with one attached hydrogen (secondary N) is 3. The Balaban J connectivity index is 1.03. The van der Waals surface area contributed by atoms with Crippen molar-refractivity contribution >= 4 is 73.8 Å². The molecule has 1 saturated heterocycles. The number of aryl methyl sites for hydroxylation is 1. The number of carbonyl (C=O) groups excluding carboxylic acids is 3. The summed E-state index contributed by atoms with van der Waals surface area (Å²) in [6.07, 6.45) is 8.76. The minimum absolute atomic E-state index is 0.0956. The molecule has 4 N–H and O–H groups in total. The monoisotopic (exact) mass is 811 g/mol. The first kappa shape index (κ1) is 40.1. The first-order chi connectivity index (χ1) is 27.6. The third-order valence-electron chi connectivity index (χ3n) is 10.6. The van der Waals surface area contributed by atoms with Crippen LogP contribution in [0.2, 0.25) is 0 Å². The van der Waals surface area contributed by atoms with Gasteiger partial charge >= 0.3 is 0 Å². The second-order valence-corrected chi connectivity index (χ2v) is 16.7. The largest absolute Gasteiger partial charge is 0.391 e. The van der Waals surface area contributed by atoms with Crippen LogP contribution in [-0.4, -0.2) is 96.2 Å². The summed E-state index contributed by atoms with van der Waals surface area (Å²) in [5.41, 5.74) is 4.52. The van der Waals surface area contributed by atoms with Crippen molar-refractivity contribution in [2.24, 2.45) is 5.92 Å². The number of rotatable bonds is 15. The summed E-state index contributed by atoms with van der Waals surface area (Å²) < 4.78 is 6.06. The maximum Gasteiger partial charge on any atom is 0.280 e. The number of thiazole rings is 1. The molecular weight excluding hydrogens is 763 g/mol. The molecule has 1 aliphatic heterocycles. The van der Waals surface area contributed by atoms with Crippen molar-refractivity contribution in [2.75, 3.05) is 42.7 Å². The number of aliphatic hydroxyl groups excluding tert-OH is 1. The van der Waals surface area contributed by atoms with Gasteiger partial charge in [-0.2, -0.15) is 5.10 Å². The average molecular weight is 812 g/mol. The zero-order valence-corrected chi connectivity index (χ0v) is 34.2. The highest BCUT2D eigenvalue weighted by Gasteiger charge is 2.25. The maximum absolute atomic E-state index is 13.9. The number of carbonyl (C=O) groups is 3. The summed E-state index contributed by atoms with van der Waals surface area (Å²) in [6.45, 7) is 5.54. The normalized spacial score (nSPS) is 15.9. The van der Waals surface area contributed by atoms with Gasteiger partial charge in [-0.1, -0.05) is 54.7 Å². The number of β-amino-alcohol motifs (C(OH)–C–C–N with tert-alkyl or cyclic N) is 1. The number of fused-ring (bicyclic) bond motifs is 1. The first-order valence-electron chi connectivity index (χ1n) is 19.5. The van der Waals surface area contributed by atoms with Crippen molar-refractivity contribution in [2.45, 2.75) is 77.9 Å². The fraction of sp³-hybridized carbons (Fsp3) is 0.450. The number of anilines is 4. The van der Waals surface area contributed by atoms with Gasteiger partial charge in [-0.3, -0.25) is 23.8 Å². The van der Waals surface area contributed by atoms with Crippen LogP contribution in [0.4, 0.5) is 22.6 Å². The number of aromatic nitrogens is 6. The van der Waals surface area contributed by atoms with Crippen molar-refractivity contribution in [3.63, 3.8) is 0 Å². The fourth-order valence-corrected chi connectivity index (χ4v) is 8.73. The molecule has 1 aliphatic carbocycles. The molecule has 17 heteroatoms. The third kappa shape index (κ3) is 9.88. The molecule has 0 radical (unpaired) electrons.